The van der Waals surface area contributed by atoms with Crippen molar-refractivity contribution in [1.29, 1.82) is 0 Å². The lowest BCUT2D eigenvalue weighted by Crippen LogP contribution is -2.45. The van der Waals surface area contributed by atoms with Gasteiger partial charge in [-0.3, -0.25) is 4.79 Å². The van der Waals surface area contributed by atoms with Gasteiger partial charge in [0, 0.05) is 13.1 Å². The largest absolute Gasteiger partial charge is 0.489 e. The molecule has 196 valence electrons. The van der Waals surface area contributed by atoms with Crippen LogP contribution in [0.3, 0.4) is 0 Å². The number of rotatable bonds is 8. The second kappa shape index (κ2) is 10.9. The first-order valence-corrected chi connectivity index (χ1v) is 12.9. The molecule has 3 aromatic rings. The van der Waals surface area contributed by atoms with E-state index in [9.17, 15) is 30.8 Å². The Morgan fingerprint density at radius 2 is 1.70 bits per heavy atom. The number of benzene rings is 3. The minimum absolute atomic E-state index is 0.0617. The van der Waals surface area contributed by atoms with E-state index in [0.717, 1.165) is 28.6 Å². The molecule has 1 aliphatic rings. The van der Waals surface area contributed by atoms with Crippen LogP contribution in [0.2, 0.25) is 0 Å². The van der Waals surface area contributed by atoms with Crippen molar-refractivity contribution in [3.63, 3.8) is 0 Å². The molecule has 0 aromatic heterocycles. The average molecular weight is 537 g/mol. The Kier molecular flexibility index (Phi) is 7.84. The van der Waals surface area contributed by atoms with Crippen molar-refractivity contribution in [3.8, 4) is 5.75 Å². The molecule has 6 nitrogen and oxygen atoms in total. The van der Waals surface area contributed by atoms with Crippen LogP contribution in [0, 0.1) is 5.82 Å². The van der Waals surface area contributed by atoms with Crippen molar-refractivity contribution in [1.82, 2.24) is 9.62 Å². The number of ether oxygens (including phenoxy) is 1. The van der Waals surface area contributed by atoms with Gasteiger partial charge in [0.25, 0.3) is 0 Å². The molecular weight excluding hydrogens is 512 g/mol. The van der Waals surface area contributed by atoms with Gasteiger partial charge in [-0.05, 0) is 72.5 Å². The summed E-state index contributed by atoms with van der Waals surface area (Å²) in [5.41, 5.74) is 0.528. The van der Waals surface area contributed by atoms with Crippen LogP contribution in [0.4, 0.5) is 17.6 Å². The summed E-state index contributed by atoms with van der Waals surface area (Å²) in [6.45, 7) is 0.370. The van der Waals surface area contributed by atoms with Crippen LogP contribution in [0.25, 0.3) is 0 Å². The Hall–Kier alpha value is -3.44. The molecule has 0 spiro atoms. The quantitative estimate of drug-likeness (QED) is 0.416. The molecule has 1 saturated heterocycles. The van der Waals surface area contributed by atoms with Crippen LogP contribution in [-0.4, -0.2) is 31.2 Å². The van der Waals surface area contributed by atoms with Crippen LogP contribution in [0.15, 0.2) is 77.7 Å². The fourth-order valence-electron chi connectivity index (χ4n) is 4.04. The number of alkyl halides is 3. The molecule has 0 radical (unpaired) electrons. The van der Waals surface area contributed by atoms with Gasteiger partial charge in [-0.2, -0.15) is 17.5 Å². The van der Waals surface area contributed by atoms with Gasteiger partial charge in [0.2, 0.25) is 15.9 Å². The molecular formula is C26H24F4N2O4S. The smallest absolute Gasteiger partial charge is 0.416 e. The highest BCUT2D eigenvalue weighted by Crippen LogP contribution is 2.29. The number of nitrogens with one attached hydrogen (secondary N) is 1. The zero-order valence-electron chi connectivity index (χ0n) is 19.5. The maximum Gasteiger partial charge on any atom is 0.416 e. The molecule has 37 heavy (non-hydrogen) atoms. The van der Waals surface area contributed by atoms with Crippen LogP contribution in [0.1, 0.15) is 29.5 Å². The van der Waals surface area contributed by atoms with Gasteiger partial charge in [-0.25, -0.2) is 12.8 Å². The van der Waals surface area contributed by atoms with E-state index in [1.807, 2.05) is 0 Å². The van der Waals surface area contributed by atoms with Crippen LogP contribution >= 0.6 is 0 Å². The zero-order valence-corrected chi connectivity index (χ0v) is 20.4. The van der Waals surface area contributed by atoms with Gasteiger partial charge in [0.05, 0.1) is 10.5 Å². The fourth-order valence-corrected chi connectivity index (χ4v) is 5.70. The lowest BCUT2D eigenvalue weighted by molar-refractivity contribution is -0.137. The minimum atomic E-state index is -4.40. The monoisotopic (exact) mass is 536 g/mol. The molecule has 1 fully saturated rings. The highest BCUT2D eigenvalue weighted by Gasteiger charge is 2.39. The number of hydrogen-bond acceptors (Lipinski definition) is 4. The van der Waals surface area contributed by atoms with Gasteiger partial charge < -0.3 is 10.1 Å². The minimum Gasteiger partial charge on any atom is -0.489 e. The summed E-state index contributed by atoms with van der Waals surface area (Å²) < 4.78 is 84.1. The second-order valence-electron chi connectivity index (χ2n) is 8.58. The molecule has 11 heteroatoms. The van der Waals surface area contributed by atoms with Crippen molar-refractivity contribution in [2.24, 2.45) is 0 Å². The van der Waals surface area contributed by atoms with Gasteiger partial charge in [0.1, 0.15) is 24.2 Å². The van der Waals surface area contributed by atoms with E-state index in [1.54, 1.807) is 24.3 Å². The molecule has 1 N–H and O–H groups in total. The summed E-state index contributed by atoms with van der Waals surface area (Å²) in [5.74, 6) is -0.535. The molecule has 3 aromatic carbocycles. The number of hydrogen-bond donors (Lipinski definition) is 1. The first-order chi connectivity index (χ1) is 17.5. The standard InChI is InChI=1S/C26H24F4N2O4S/c27-21-10-12-23(13-11-21)37(34,35)32-14-2-5-24(32)25(33)31-16-19-3-1-4-22(15-19)36-17-18-6-8-20(9-7-18)26(28,29)30/h1,3-4,6-13,15,24H,2,5,14,16-17H2,(H,31,33)/t24-/m0/s1. The van der Waals surface area contributed by atoms with Crippen molar-refractivity contribution in [2.45, 2.75) is 43.1 Å². The van der Waals surface area contributed by atoms with Gasteiger partial charge in [-0.15, -0.1) is 0 Å². The summed E-state index contributed by atoms with van der Waals surface area (Å²) in [7, 11) is -3.96. The Morgan fingerprint density at radius 3 is 2.38 bits per heavy atom. The van der Waals surface area contributed by atoms with E-state index >= 15 is 0 Å². The Bertz CT molecular complexity index is 1340. The van der Waals surface area contributed by atoms with Gasteiger partial charge in [0.15, 0.2) is 0 Å². The molecule has 0 aliphatic carbocycles. The van der Waals surface area contributed by atoms with Crippen molar-refractivity contribution >= 4 is 15.9 Å². The number of carbonyl (C=O) groups is 1. The molecule has 4 rings (SSSR count). The summed E-state index contributed by atoms with van der Waals surface area (Å²) >= 11 is 0. The third kappa shape index (κ3) is 6.47. The first kappa shape index (κ1) is 26.6. The van der Waals surface area contributed by atoms with E-state index < -0.39 is 39.5 Å². The predicted octanol–water partition coefficient (Wildman–Crippen LogP) is 4.89. The molecule has 1 heterocycles. The lowest BCUT2D eigenvalue weighted by atomic mass is 10.1. The van der Waals surface area contributed by atoms with Crippen LogP contribution in [0.5, 0.6) is 5.75 Å². The highest BCUT2D eigenvalue weighted by molar-refractivity contribution is 7.89. The molecule has 1 aliphatic heterocycles. The topological polar surface area (TPSA) is 75.7 Å². The van der Waals surface area contributed by atoms with Gasteiger partial charge >= 0.3 is 6.18 Å². The van der Waals surface area contributed by atoms with E-state index in [2.05, 4.69) is 5.32 Å². The number of amides is 1. The number of halogens is 4. The zero-order chi connectivity index (χ0) is 26.6. The number of carbonyl (C=O) groups excluding carboxylic acids is 1. The number of sulfonamides is 1. The van der Waals surface area contributed by atoms with Crippen LogP contribution in [-0.2, 0) is 34.1 Å². The van der Waals surface area contributed by atoms with Gasteiger partial charge in [-0.1, -0.05) is 24.3 Å². The second-order valence-corrected chi connectivity index (χ2v) is 10.5. The van der Waals surface area contributed by atoms with E-state index in [0.29, 0.717) is 29.7 Å². The van der Waals surface area contributed by atoms with Crippen LogP contribution < -0.4 is 10.1 Å². The average Bonchev–Trinajstić information content (AvgIpc) is 3.38. The highest BCUT2D eigenvalue weighted by atomic mass is 32.2. The van der Waals surface area contributed by atoms with Crippen molar-refractivity contribution in [2.75, 3.05) is 6.54 Å². The van der Waals surface area contributed by atoms with Crippen molar-refractivity contribution < 1.29 is 35.5 Å². The predicted molar refractivity (Wildman–Crippen MR) is 127 cm³/mol. The third-order valence-electron chi connectivity index (χ3n) is 5.98. The summed E-state index contributed by atoms with van der Waals surface area (Å²) in [6, 6.07) is 15.1. The van der Waals surface area contributed by atoms with E-state index in [4.69, 9.17) is 4.74 Å². The molecule has 1 atom stereocenters. The first-order valence-electron chi connectivity index (χ1n) is 11.5. The third-order valence-corrected chi connectivity index (χ3v) is 7.90. The molecule has 0 bridgehead atoms. The summed E-state index contributed by atoms with van der Waals surface area (Å²) in [6.07, 6.45) is -3.52. The van der Waals surface area contributed by atoms with E-state index in [-0.39, 0.29) is 24.6 Å². The summed E-state index contributed by atoms with van der Waals surface area (Å²) in [4.78, 5) is 12.8. The normalized spacial score (nSPS) is 16.5. The maximum absolute atomic E-state index is 13.2. The number of nitrogens with zero attached hydrogens (tertiary/aromatic N) is 1. The summed E-state index contributed by atoms with van der Waals surface area (Å²) in [5, 5.41) is 2.76. The molecule has 1 amide bonds. The lowest BCUT2D eigenvalue weighted by Gasteiger charge is -2.23. The van der Waals surface area contributed by atoms with E-state index in [1.165, 1.54) is 24.3 Å². The maximum atomic E-state index is 13.2. The molecule has 0 unspecified atom stereocenters. The Balaban J connectivity index is 1.35. The Labute approximate surface area is 211 Å². The molecule has 0 saturated carbocycles. The van der Waals surface area contributed by atoms with Crippen molar-refractivity contribution in [3.05, 3.63) is 95.3 Å². The fraction of sp³-hybridized carbons (Fsp3) is 0.269. The Morgan fingerprint density at radius 1 is 1.00 bits per heavy atom. The SMILES string of the molecule is O=C(NCc1cccc(OCc2ccc(C(F)(F)F)cc2)c1)[C@@H]1CCCN1S(=O)(=O)c1ccc(F)cc1.